The molecule has 164 valence electrons. The summed E-state index contributed by atoms with van der Waals surface area (Å²) in [4.78, 5) is 36.8. The van der Waals surface area contributed by atoms with Crippen molar-refractivity contribution in [3.05, 3.63) is 18.0 Å². The van der Waals surface area contributed by atoms with E-state index in [-0.39, 0.29) is 17.9 Å². The predicted octanol–water partition coefficient (Wildman–Crippen LogP) is 0.726. The molecule has 0 bridgehead atoms. The maximum absolute atomic E-state index is 12.0. The summed E-state index contributed by atoms with van der Waals surface area (Å²) in [7, 11) is 0. The molecule has 1 amide bonds. The van der Waals surface area contributed by atoms with Crippen LogP contribution in [0.2, 0.25) is 0 Å². The number of amides is 1. The molecule has 3 aliphatic rings. The third kappa shape index (κ3) is 3.87. The Hall–Kier alpha value is -3.01. The number of hydrogen-bond donors (Lipinski definition) is 1. The number of piperidine rings is 1. The van der Waals surface area contributed by atoms with Gasteiger partial charge >= 0.3 is 0 Å². The second kappa shape index (κ2) is 8.26. The highest BCUT2D eigenvalue weighted by molar-refractivity contribution is 5.74. The van der Waals surface area contributed by atoms with Gasteiger partial charge in [-0.15, -0.1) is 0 Å². The zero-order valence-corrected chi connectivity index (χ0v) is 17.8. The predicted molar refractivity (Wildman–Crippen MR) is 117 cm³/mol. The Balaban J connectivity index is 1.54. The second-order valence-corrected chi connectivity index (χ2v) is 8.31. The molecular formula is C21H28N8O2. The standard InChI is InChI=1S/C21H28N8O2/c1-14(30)28-5-2-3-16(13-28)29-6-4-17-18(15-11-23-20(22)24-12-15)25-21(26-19(17)29)27-7-9-31-10-8-27/h11-12,16H,2-10,13H2,1H3,(H2,22,23,24). The summed E-state index contributed by atoms with van der Waals surface area (Å²) in [5.41, 5.74) is 8.53. The molecule has 2 fully saturated rings. The van der Waals surface area contributed by atoms with Crippen molar-refractivity contribution in [1.82, 2.24) is 24.8 Å². The van der Waals surface area contributed by atoms with Crippen LogP contribution in [0.1, 0.15) is 25.3 Å². The van der Waals surface area contributed by atoms with Crippen LogP contribution in [0, 0.1) is 0 Å². The lowest BCUT2D eigenvalue weighted by Crippen LogP contribution is -2.49. The summed E-state index contributed by atoms with van der Waals surface area (Å²) in [5, 5.41) is 0. The van der Waals surface area contributed by atoms with E-state index in [0.29, 0.717) is 19.2 Å². The van der Waals surface area contributed by atoms with Gasteiger partial charge in [0.1, 0.15) is 5.82 Å². The van der Waals surface area contributed by atoms with Crippen molar-refractivity contribution in [2.45, 2.75) is 32.2 Å². The van der Waals surface area contributed by atoms with Gasteiger partial charge in [0.2, 0.25) is 17.8 Å². The zero-order valence-electron chi connectivity index (χ0n) is 17.8. The number of fused-ring (bicyclic) bond motifs is 1. The van der Waals surface area contributed by atoms with E-state index < -0.39 is 0 Å². The highest BCUT2D eigenvalue weighted by Gasteiger charge is 2.34. The fourth-order valence-electron chi connectivity index (χ4n) is 4.72. The molecule has 2 aromatic rings. The Morgan fingerprint density at radius 3 is 2.65 bits per heavy atom. The normalized spacial score (nSPS) is 21.3. The van der Waals surface area contributed by atoms with Gasteiger partial charge < -0.3 is 25.2 Å². The van der Waals surface area contributed by atoms with Gasteiger partial charge in [0.05, 0.1) is 18.9 Å². The first-order valence-electron chi connectivity index (χ1n) is 10.9. The van der Waals surface area contributed by atoms with Crippen LogP contribution in [0.15, 0.2) is 12.4 Å². The van der Waals surface area contributed by atoms with Crippen molar-refractivity contribution >= 4 is 23.6 Å². The van der Waals surface area contributed by atoms with Crippen molar-refractivity contribution in [1.29, 1.82) is 0 Å². The van der Waals surface area contributed by atoms with E-state index in [1.807, 2.05) is 4.90 Å². The van der Waals surface area contributed by atoms with Gasteiger partial charge in [0.15, 0.2) is 0 Å². The van der Waals surface area contributed by atoms with Crippen molar-refractivity contribution in [2.24, 2.45) is 0 Å². The molecule has 0 spiro atoms. The summed E-state index contributed by atoms with van der Waals surface area (Å²) >= 11 is 0. The first kappa shape index (κ1) is 19.9. The lowest BCUT2D eigenvalue weighted by Gasteiger charge is -2.38. The molecule has 2 saturated heterocycles. The SMILES string of the molecule is CC(=O)N1CCCC(N2CCc3c(-c4cnc(N)nc4)nc(N4CCOCC4)nc32)C1. The van der Waals surface area contributed by atoms with Crippen molar-refractivity contribution < 1.29 is 9.53 Å². The third-order valence-electron chi connectivity index (χ3n) is 6.37. The van der Waals surface area contributed by atoms with Gasteiger partial charge in [-0.25, -0.2) is 15.0 Å². The number of nitrogens with two attached hydrogens (primary N) is 1. The number of hydrogen-bond acceptors (Lipinski definition) is 9. The first-order valence-corrected chi connectivity index (χ1v) is 10.9. The minimum atomic E-state index is 0.139. The molecule has 0 radical (unpaired) electrons. The number of aromatic nitrogens is 4. The van der Waals surface area contributed by atoms with Crippen LogP contribution in [-0.4, -0.2) is 82.7 Å². The van der Waals surface area contributed by atoms with E-state index in [1.54, 1.807) is 19.3 Å². The van der Waals surface area contributed by atoms with Gasteiger partial charge in [-0.05, 0) is 19.3 Å². The number of ether oxygens (including phenoxy) is 1. The van der Waals surface area contributed by atoms with E-state index in [2.05, 4.69) is 19.8 Å². The van der Waals surface area contributed by atoms with Gasteiger partial charge in [-0.2, -0.15) is 4.98 Å². The number of morpholine rings is 1. The number of carbonyl (C=O) groups excluding carboxylic acids is 1. The van der Waals surface area contributed by atoms with E-state index in [4.69, 9.17) is 20.4 Å². The Morgan fingerprint density at radius 2 is 1.90 bits per heavy atom. The van der Waals surface area contributed by atoms with Crippen LogP contribution in [-0.2, 0) is 16.0 Å². The number of nitrogen functional groups attached to an aromatic ring is 1. The fourth-order valence-corrected chi connectivity index (χ4v) is 4.72. The van der Waals surface area contributed by atoms with Crippen molar-refractivity contribution in [3.8, 4) is 11.3 Å². The van der Waals surface area contributed by atoms with Crippen LogP contribution in [0.25, 0.3) is 11.3 Å². The topological polar surface area (TPSA) is 114 Å². The molecule has 0 aromatic carbocycles. The molecule has 0 aliphatic carbocycles. The first-order chi connectivity index (χ1) is 15.1. The number of anilines is 3. The second-order valence-electron chi connectivity index (χ2n) is 8.31. The van der Waals surface area contributed by atoms with Crippen LogP contribution >= 0.6 is 0 Å². The molecule has 5 rings (SSSR count). The lowest BCUT2D eigenvalue weighted by molar-refractivity contribution is -0.129. The number of nitrogens with zero attached hydrogens (tertiary/aromatic N) is 7. The maximum Gasteiger partial charge on any atom is 0.228 e. The van der Waals surface area contributed by atoms with E-state index in [9.17, 15) is 4.79 Å². The van der Waals surface area contributed by atoms with Gasteiger partial charge in [0, 0.05) is 69.2 Å². The van der Waals surface area contributed by atoms with Crippen LogP contribution in [0.4, 0.5) is 17.7 Å². The molecule has 10 nitrogen and oxygen atoms in total. The summed E-state index contributed by atoms with van der Waals surface area (Å²) < 4.78 is 5.51. The Labute approximate surface area is 181 Å². The number of rotatable bonds is 3. The third-order valence-corrected chi connectivity index (χ3v) is 6.37. The maximum atomic E-state index is 12.0. The lowest BCUT2D eigenvalue weighted by atomic mass is 10.0. The average Bonchev–Trinajstić information content (AvgIpc) is 3.24. The summed E-state index contributed by atoms with van der Waals surface area (Å²) in [6, 6.07) is 0.266. The van der Waals surface area contributed by atoms with Gasteiger partial charge in [0.25, 0.3) is 0 Å². The number of likely N-dealkylation sites (tertiary alicyclic amines) is 1. The van der Waals surface area contributed by atoms with Crippen molar-refractivity contribution in [3.63, 3.8) is 0 Å². The molecule has 2 aromatic heterocycles. The molecule has 1 atom stereocenters. The Morgan fingerprint density at radius 1 is 1.13 bits per heavy atom. The van der Waals surface area contributed by atoms with Crippen molar-refractivity contribution in [2.75, 3.05) is 61.5 Å². The van der Waals surface area contributed by atoms with E-state index in [1.165, 1.54) is 0 Å². The monoisotopic (exact) mass is 424 g/mol. The fraction of sp³-hybridized carbons (Fsp3) is 0.571. The highest BCUT2D eigenvalue weighted by atomic mass is 16.5. The van der Waals surface area contributed by atoms with Crippen LogP contribution in [0.5, 0.6) is 0 Å². The molecular weight excluding hydrogens is 396 g/mol. The molecule has 3 aliphatic heterocycles. The summed E-state index contributed by atoms with van der Waals surface area (Å²) in [6.07, 6.45) is 6.38. The van der Waals surface area contributed by atoms with Crippen LogP contribution < -0.4 is 15.5 Å². The largest absolute Gasteiger partial charge is 0.378 e. The molecule has 31 heavy (non-hydrogen) atoms. The minimum absolute atomic E-state index is 0.139. The van der Waals surface area contributed by atoms with Gasteiger partial charge in [-0.3, -0.25) is 4.79 Å². The summed E-state index contributed by atoms with van der Waals surface area (Å²) in [6.45, 7) is 6.96. The highest BCUT2D eigenvalue weighted by Crippen LogP contribution is 2.37. The molecule has 1 unspecified atom stereocenters. The average molecular weight is 425 g/mol. The molecule has 5 heterocycles. The van der Waals surface area contributed by atoms with Gasteiger partial charge in [-0.1, -0.05) is 0 Å². The number of carbonyl (C=O) groups is 1. The minimum Gasteiger partial charge on any atom is -0.378 e. The Kier molecular flexibility index (Phi) is 5.31. The molecule has 2 N–H and O–H groups in total. The van der Waals surface area contributed by atoms with E-state index in [0.717, 1.165) is 74.6 Å². The quantitative estimate of drug-likeness (QED) is 0.761. The molecule has 0 saturated carbocycles. The smallest absolute Gasteiger partial charge is 0.228 e. The summed E-state index contributed by atoms with van der Waals surface area (Å²) in [5.74, 6) is 2.07. The van der Waals surface area contributed by atoms with Crippen LogP contribution in [0.3, 0.4) is 0 Å². The molecule has 10 heteroatoms. The Bertz CT molecular complexity index is 961. The van der Waals surface area contributed by atoms with E-state index >= 15 is 0 Å². The zero-order chi connectivity index (χ0) is 21.4.